The molecule has 2 nitrogen and oxygen atoms in total. The normalized spacial score (nSPS) is 13.1. The van der Waals surface area contributed by atoms with Gasteiger partial charge >= 0.3 is 6.18 Å². The average Bonchev–Trinajstić information content (AvgIpc) is 2.40. The molecule has 0 saturated carbocycles. The summed E-state index contributed by atoms with van der Waals surface area (Å²) in [6, 6.07) is 10.1. The molecule has 0 aliphatic rings. The van der Waals surface area contributed by atoms with Crippen LogP contribution in [0.1, 0.15) is 11.6 Å². The van der Waals surface area contributed by atoms with Crippen molar-refractivity contribution in [2.75, 3.05) is 0 Å². The molecule has 106 valence electrons. The highest BCUT2D eigenvalue weighted by Gasteiger charge is 2.37. The minimum Gasteiger partial charge on any atom is -0.457 e. The summed E-state index contributed by atoms with van der Waals surface area (Å²) in [6.45, 7) is 0. The fourth-order valence-corrected chi connectivity index (χ4v) is 1.73. The number of alkyl halides is 3. The highest BCUT2D eigenvalue weighted by atomic mass is 35.5. The summed E-state index contributed by atoms with van der Waals surface area (Å²) in [6.07, 6.45) is -4.49. The van der Waals surface area contributed by atoms with Crippen molar-refractivity contribution >= 4 is 11.6 Å². The van der Waals surface area contributed by atoms with E-state index in [2.05, 4.69) is 0 Å². The van der Waals surface area contributed by atoms with Crippen molar-refractivity contribution in [1.29, 1.82) is 0 Å². The Bertz CT molecular complexity index is 584. The molecule has 2 aromatic carbocycles. The molecule has 20 heavy (non-hydrogen) atoms. The highest BCUT2D eigenvalue weighted by molar-refractivity contribution is 6.30. The Morgan fingerprint density at radius 1 is 1.00 bits per heavy atom. The van der Waals surface area contributed by atoms with Crippen LogP contribution < -0.4 is 10.5 Å². The van der Waals surface area contributed by atoms with Crippen LogP contribution in [-0.2, 0) is 0 Å². The zero-order valence-corrected chi connectivity index (χ0v) is 10.9. The van der Waals surface area contributed by atoms with Crippen LogP contribution in [0.4, 0.5) is 13.2 Å². The van der Waals surface area contributed by atoms with E-state index in [4.69, 9.17) is 22.1 Å². The third-order valence-corrected chi connectivity index (χ3v) is 2.87. The first-order valence-corrected chi connectivity index (χ1v) is 6.10. The molecule has 2 aromatic rings. The molecule has 2 N–H and O–H groups in total. The summed E-state index contributed by atoms with van der Waals surface area (Å²) in [7, 11) is 0. The Balaban J connectivity index is 2.20. The lowest BCUT2D eigenvalue weighted by Gasteiger charge is -2.16. The molecule has 0 saturated heterocycles. The van der Waals surface area contributed by atoms with E-state index in [1.54, 1.807) is 30.3 Å². The van der Waals surface area contributed by atoms with Crippen molar-refractivity contribution in [3.63, 3.8) is 0 Å². The van der Waals surface area contributed by atoms with Crippen molar-refractivity contribution in [3.05, 3.63) is 59.1 Å². The fourth-order valence-electron chi connectivity index (χ4n) is 1.60. The SMILES string of the molecule is N[C@@H](c1cccc(Oc2ccc(Cl)cc2)c1)C(F)(F)F. The minimum absolute atomic E-state index is 0.0519. The molecule has 0 aliphatic carbocycles. The molecule has 0 amide bonds. The highest BCUT2D eigenvalue weighted by Crippen LogP contribution is 2.32. The Labute approximate surface area is 118 Å². The van der Waals surface area contributed by atoms with Gasteiger partial charge in [-0.15, -0.1) is 0 Å². The average molecular weight is 302 g/mol. The topological polar surface area (TPSA) is 35.2 Å². The van der Waals surface area contributed by atoms with Crippen LogP contribution in [0.15, 0.2) is 48.5 Å². The Morgan fingerprint density at radius 2 is 1.65 bits per heavy atom. The third kappa shape index (κ3) is 3.65. The molecule has 0 bridgehead atoms. The second-order valence-corrected chi connectivity index (χ2v) is 4.58. The van der Waals surface area contributed by atoms with Gasteiger partial charge in [0, 0.05) is 5.02 Å². The van der Waals surface area contributed by atoms with Gasteiger partial charge in [0.1, 0.15) is 17.5 Å². The Morgan fingerprint density at radius 3 is 2.25 bits per heavy atom. The quantitative estimate of drug-likeness (QED) is 0.892. The lowest BCUT2D eigenvalue weighted by molar-refractivity contribution is -0.149. The zero-order chi connectivity index (χ0) is 14.8. The number of benzene rings is 2. The number of nitrogens with two attached hydrogens (primary N) is 1. The van der Waals surface area contributed by atoms with Gasteiger partial charge in [-0.2, -0.15) is 13.2 Å². The number of ether oxygens (including phenoxy) is 1. The fraction of sp³-hybridized carbons (Fsp3) is 0.143. The van der Waals surface area contributed by atoms with Crippen LogP contribution >= 0.6 is 11.6 Å². The molecule has 1 atom stereocenters. The van der Waals surface area contributed by atoms with E-state index < -0.39 is 12.2 Å². The molecule has 0 radical (unpaired) electrons. The summed E-state index contributed by atoms with van der Waals surface area (Å²) in [5.41, 5.74) is 5.10. The van der Waals surface area contributed by atoms with Gasteiger partial charge in [0.25, 0.3) is 0 Å². The number of halogens is 4. The van der Waals surface area contributed by atoms with Gasteiger partial charge in [-0.05, 0) is 42.0 Å². The van der Waals surface area contributed by atoms with E-state index in [1.807, 2.05) is 0 Å². The van der Waals surface area contributed by atoms with Gasteiger partial charge in [-0.3, -0.25) is 0 Å². The molecular weight excluding hydrogens is 291 g/mol. The van der Waals surface area contributed by atoms with Crippen molar-refractivity contribution in [2.45, 2.75) is 12.2 Å². The van der Waals surface area contributed by atoms with E-state index in [1.165, 1.54) is 18.2 Å². The second kappa shape index (κ2) is 5.73. The molecule has 0 spiro atoms. The minimum atomic E-state index is -4.49. The lowest BCUT2D eigenvalue weighted by Crippen LogP contribution is -2.28. The first-order chi connectivity index (χ1) is 9.36. The van der Waals surface area contributed by atoms with Crippen LogP contribution in [0.3, 0.4) is 0 Å². The van der Waals surface area contributed by atoms with Crippen LogP contribution in [-0.4, -0.2) is 6.18 Å². The van der Waals surface area contributed by atoms with Crippen LogP contribution in [0, 0.1) is 0 Å². The summed E-state index contributed by atoms with van der Waals surface area (Å²) in [4.78, 5) is 0. The number of rotatable bonds is 3. The molecule has 2 rings (SSSR count). The third-order valence-electron chi connectivity index (χ3n) is 2.62. The summed E-state index contributed by atoms with van der Waals surface area (Å²) < 4.78 is 43.1. The molecule has 0 aromatic heterocycles. The number of hydrogen-bond acceptors (Lipinski definition) is 2. The van der Waals surface area contributed by atoms with Crippen molar-refractivity contribution in [3.8, 4) is 11.5 Å². The van der Waals surface area contributed by atoms with E-state index in [0.29, 0.717) is 10.8 Å². The molecule has 6 heteroatoms. The molecule has 0 heterocycles. The van der Waals surface area contributed by atoms with Crippen molar-refractivity contribution in [1.82, 2.24) is 0 Å². The molecule has 0 aliphatic heterocycles. The monoisotopic (exact) mass is 301 g/mol. The van der Waals surface area contributed by atoms with Gasteiger partial charge in [-0.25, -0.2) is 0 Å². The summed E-state index contributed by atoms with van der Waals surface area (Å²) in [5.74, 6) is 0.761. The lowest BCUT2D eigenvalue weighted by atomic mass is 10.1. The van der Waals surface area contributed by atoms with Crippen LogP contribution in [0.2, 0.25) is 5.02 Å². The number of hydrogen-bond donors (Lipinski definition) is 1. The maximum absolute atomic E-state index is 12.6. The molecular formula is C14H11ClF3NO. The van der Waals surface area contributed by atoms with Gasteiger partial charge < -0.3 is 10.5 Å². The summed E-state index contributed by atoms with van der Waals surface area (Å²) in [5, 5.41) is 0.546. The van der Waals surface area contributed by atoms with E-state index >= 15 is 0 Å². The predicted molar refractivity (Wildman–Crippen MR) is 71.0 cm³/mol. The summed E-state index contributed by atoms with van der Waals surface area (Å²) >= 11 is 5.73. The maximum atomic E-state index is 12.6. The molecule has 0 fully saturated rings. The standard InChI is InChI=1S/C14H11ClF3NO/c15-10-4-6-11(7-5-10)20-12-3-1-2-9(8-12)13(19)14(16,17)18/h1-8,13H,19H2/t13-/m0/s1. The van der Waals surface area contributed by atoms with E-state index in [9.17, 15) is 13.2 Å². The molecule has 0 unspecified atom stereocenters. The smallest absolute Gasteiger partial charge is 0.407 e. The van der Waals surface area contributed by atoms with Crippen LogP contribution in [0.25, 0.3) is 0 Å². The first-order valence-electron chi connectivity index (χ1n) is 5.72. The van der Waals surface area contributed by atoms with Crippen LogP contribution in [0.5, 0.6) is 11.5 Å². The Hall–Kier alpha value is -1.72. The van der Waals surface area contributed by atoms with Gasteiger partial charge in [0.05, 0.1) is 0 Å². The van der Waals surface area contributed by atoms with Gasteiger partial charge in [0.15, 0.2) is 0 Å². The predicted octanol–water partition coefficient (Wildman–Crippen LogP) is 4.69. The Kier molecular flexibility index (Phi) is 4.20. The van der Waals surface area contributed by atoms with Gasteiger partial charge in [0.2, 0.25) is 0 Å². The van der Waals surface area contributed by atoms with Crippen molar-refractivity contribution in [2.24, 2.45) is 5.73 Å². The second-order valence-electron chi connectivity index (χ2n) is 4.15. The maximum Gasteiger partial charge on any atom is 0.407 e. The first kappa shape index (κ1) is 14.7. The van der Waals surface area contributed by atoms with E-state index in [0.717, 1.165) is 0 Å². The van der Waals surface area contributed by atoms with E-state index in [-0.39, 0.29) is 11.3 Å². The largest absolute Gasteiger partial charge is 0.457 e. The zero-order valence-electron chi connectivity index (χ0n) is 10.2. The van der Waals surface area contributed by atoms with Gasteiger partial charge in [-0.1, -0.05) is 23.7 Å². The van der Waals surface area contributed by atoms with Crippen molar-refractivity contribution < 1.29 is 17.9 Å².